The summed E-state index contributed by atoms with van der Waals surface area (Å²) in [6.45, 7) is 2.17. The molecule has 1 fully saturated rings. The van der Waals surface area contributed by atoms with Crippen molar-refractivity contribution in [3.63, 3.8) is 0 Å². The maximum atomic E-state index is 12.4. The Morgan fingerprint density at radius 3 is 1.94 bits per heavy atom. The SMILES string of the molecule is N=C(N)c1ccc(C=COP(=O)(O)O)c(OCCNC(=O)c2ccc(OC3CCNCC3)cc2)c1.O=C(O)C(F)(F)F.O=C(O)C(F)(F)F. The number of benzene rings is 2. The quantitative estimate of drug-likeness (QED) is 0.0413. The summed E-state index contributed by atoms with van der Waals surface area (Å²) in [5, 5.41) is 27.9. The van der Waals surface area contributed by atoms with Crippen molar-refractivity contribution < 1.29 is 79.3 Å². The molecule has 9 N–H and O–H groups in total. The van der Waals surface area contributed by atoms with E-state index in [1.54, 1.807) is 36.4 Å². The summed E-state index contributed by atoms with van der Waals surface area (Å²) in [5.74, 6) is -4.92. The Hall–Kier alpha value is -4.85. The van der Waals surface area contributed by atoms with E-state index in [2.05, 4.69) is 15.2 Å². The van der Waals surface area contributed by atoms with Crippen LogP contribution >= 0.6 is 7.82 Å². The molecule has 22 heteroatoms. The molecule has 1 amide bonds. The van der Waals surface area contributed by atoms with Gasteiger partial charge in [-0.15, -0.1) is 0 Å². The van der Waals surface area contributed by atoms with Crippen molar-refractivity contribution in [1.82, 2.24) is 10.6 Å². The van der Waals surface area contributed by atoms with E-state index in [0.29, 0.717) is 22.4 Å². The summed E-state index contributed by atoms with van der Waals surface area (Å²) >= 11 is 0. The minimum absolute atomic E-state index is 0.101. The van der Waals surface area contributed by atoms with E-state index in [0.717, 1.165) is 37.9 Å². The lowest BCUT2D eigenvalue weighted by molar-refractivity contribution is -0.193. The van der Waals surface area contributed by atoms with Crippen LogP contribution in [0, 0.1) is 5.41 Å². The number of hydrogen-bond acceptors (Lipinski definition) is 9. The number of aliphatic carboxylic acids is 2. The topological polar surface area (TPSA) is 251 Å². The van der Waals surface area contributed by atoms with Crippen molar-refractivity contribution >= 4 is 37.6 Å². The van der Waals surface area contributed by atoms with Crippen molar-refractivity contribution in [3.05, 3.63) is 65.4 Å². The first kappa shape index (κ1) is 42.2. The van der Waals surface area contributed by atoms with Crippen LogP contribution in [-0.2, 0) is 18.7 Å². The van der Waals surface area contributed by atoms with Gasteiger partial charge in [0.05, 0.1) is 12.8 Å². The third kappa shape index (κ3) is 17.8. The normalized spacial score (nSPS) is 13.6. The summed E-state index contributed by atoms with van der Waals surface area (Å²) in [4.78, 5) is 47.8. The molecule has 0 saturated carbocycles. The Morgan fingerprint density at radius 2 is 1.47 bits per heavy atom. The third-order valence-electron chi connectivity index (χ3n) is 5.61. The van der Waals surface area contributed by atoms with E-state index in [-0.39, 0.29) is 31.0 Å². The van der Waals surface area contributed by atoms with Crippen LogP contribution in [0.1, 0.15) is 34.3 Å². The van der Waals surface area contributed by atoms with Crippen molar-refractivity contribution in [3.8, 4) is 11.5 Å². The number of nitrogens with one attached hydrogen (secondary N) is 3. The van der Waals surface area contributed by atoms with Crippen LogP contribution in [-0.4, -0.2) is 88.4 Å². The molecule has 0 unspecified atom stereocenters. The fourth-order valence-electron chi connectivity index (χ4n) is 3.37. The summed E-state index contributed by atoms with van der Waals surface area (Å²) in [5.41, 5.74) is 6.86. The number of phosphoric acid groups is 1. The van der Waals surface area contributed by atoms with Gasteiger partial charge in [-0.05, 0) is 62.3 Å². The van der Waals surface area contributed by atoms with E-state index in [9.17, 15) is 35.7 Å². The molecule has 0 bridgehead atoms. The number of rotatable bonds is 11. The number of halogens is 6. The lowest BCUT2D eigenvalue weighted by atomic mass is 10.1. The Morgan fingerprint density at radius 1 is 0.959 bits per heavy atom. The number of carboxylic acid groups (broad SMARTS) is 2. The number of carbonyl (C=O) groups excluding carboxylic acids is 1. The fraction of sp³-hybridized carbons (Fsp3) is 0.333. The van der Waals surface area contributed by atoms with Crippen molar-refractivity contribution in [2.45, 2.75) is 31.3 Å². The van der Waals surface area contributed by atoms with Crippen molar-refractivity contribution in [2.24, 2.45) is 5.73 Å². The van der Waals surface area contributed by atoms with Gasteiger partial charge in [-0.2, -0.15) is 26.3 Å². The van der Waals surface area contributed by atoms with E-state index in [4.69, 9.17) is 50.2 Å². The summed E-state index contributed by atoms with van der Waals surface area (Å²) in [6.07, 6.45) is -5.92. The van der Waals surface area contributed by atoms with Crippen molar-refractivity contribution in [1.29, 1.82) is 5.41 Å². The van der Waals surface area contributed by atoms with Gasteiger partial charge in [-0.1, -0.05) is 12.1 Å². The van der Waals surface area contributed by atoms with Gasteiger partial charge in [0.25, 0.3) is 5.91 Å². The molecule has 2 aromatic rings. The lowest BCUT2D eigenvalue weighted by Gasteiger charge is -2.23. The molecular weight excluding hydrogens is 701 g/mol. The van der Waals surface area contributed by atoms with Gasteiger partial charge in [-0.25, -0.2) is 14.2 Å². The maximum Gasteiger partial charge on any atom is 0.524 e. The summed E-state index contributed by atoms with van der Waals surface area (Å²) in [6, 6.07) is 11.6. The first-order valence-electron chi connectivity index (χ1n) is 13.5. The second kappa shape index (κ2) is 19.2. The molecule has 1 aliphatic rings. The smallest absolute Gasteiger partial charge is 0.491 e. The molecule has 0 aromatic heterocycles. The minimum atomic E-state index is -5.08. The van der Waals surface area contributed by atoms with Crippen LogP contribution in [0.25, 0.3) is 6.08 Å². The Kier molecular flexibility index (Phi) is 16.5. The highest BCUT2D eigenvalue weighted by molar-refractivity contribution is 7.46. The van der Waals surface area contributed by atoms with Crippen LogP contribution in [0.15, 0.2) is 48.7 Å². The first-order chi connectivity index (χ1) is 22.6. The molecule has 2 aromatic carbocycles. The van der Waals surface area contributed by atoms with Gasteiger partial charge in [0.1, 0.15) is 30.0 Å². The molecule has 1 heterocycles. The number of piperidine rings is 1. The van der Waals surface area contributed by atoms with Gasteiger partial charge >= 0.3 is 32.1 Å². The number of carboxylic acids is 2. The second-order valence-corrected chi connectivity index (χ2v) is 10.6. The highest BCUT2D eigenvalue weighted by Gasteiger charge is 2.38. The molecule has 0 aliphatic carbocycles. The fourth-order valence-corrected chi connectivity index (χ4v) is 3.59. The molecule has 1 aliphatic heterocycles. The molecule has 272 valence electrons. The van der Waals surface area contributed by atoms with Gasteiger partial charge in [0, 0.05) is 16.7 Å². The van der Waals surface area contributed by atoms with Crippen molar-refractivity contribution in [2.75, 3.05) is 26.2 Å². The number of nitrogens with two attached hydrogens (primary N) is 1. The standard InChI is InChI=1S/C23H29N4O7P.2C2HF3O2/c24-22(25)18-2-1-16(9-13-33-35(29,30)31)21(15-18)32-14-12-27-23(28)17-3-5-19(6-4-17)34-20-7-10-26-11-8-20;2*3-2(4,5)1(6)7/h1-6,9,13,15,20,26H,7-8,10-12,14H2,(H3,24,25)(H,27,28)(H2,29,30,31);2*(H,6,7). The molecular formula is C27H31F6N4O11P. The average Bonchev–Trinajstić information content (AvgIpc) is 2.99. The van der Waals surface area contributed by atoms with E-state index < -0.39 is 32.1 Å². The largest absolute Gasteiger partial charge is 0.524 e. The minimum Gasteiger partial charge on any atom is -0.491 e. The molecule has 1 saturated heterocycles. The van der Waals surface area contributed by atoms with Gasteiger partial charge < -0.3 is 40.6 Å². The Labute approximate surface area is 273 Å². The zero-order chi connectivity index (χ0) is 37.4. The third-order valence-corrected chi connectivity index (χ3v) is 6.00. The summed E-state index contributed by atoms with van der Waals surface area (Å²) < 4.78 is 90.3. The van der Waals surface area contributed by atoms with E-state index in [1.807, 2.05) is 0 Å². The monoisotopic (exact) mass is 732 g/mol. The predicted octanol–water partition coefficient (Wildman–Crippen LogP) is 3.26. The molecule has 0 radical (unpaired) electrons. The number of amidine groups is 1. The van der Waals surface area contributed by atoms with Crippen LogP contribution in [0.2, 0.25) is 0 Å². The summed E-state index contributed by atoms with van der Waals surface area (Å²) in [7, 11) is -4.66. The van der Waals surface area contributed by atoms with E-state index >= 15 is 0 Å². The number of hydrogen-bond donors (Lipinski definition) is 8. The number of nitrogen functional groups attached to an aromatic ring is 1. The Bertz CT molecular complexity index is 1470. The second-order valence-electron chi connectivity index (χ2n) is 9.37. The van der Waals surface area contributed by atoms with Gasteiger partial charge in [0.15, 0.2) is 0 Å². The maximum absolute atomic E-state index is 12.4. The van der Waals surface area contributed by atoms with Crippen LogP contribution in [0.3, 0.4) is 0 Å². The number of ether oxygens (including phenoxy) is 2. The van der Waals surface area contributed by atoms with Crippen LogP contribution in [0.5, 0.6) is 11.5 Å². The lowest BCUT2D eigenvalue weighted by Crippen LogP contribution is -2.34. The van der Waals surface area contributed by atoms with Crippen LogP contribution < -0.4 is 25.8 Å². The van der Waals surface area contributed by atoms with Gasteiger partial charge in [-0.3, -0.25) is 20.0 Å². The predicted molar refractivity (Wildman–Crippen MR) is 158 cm³/mol. The molecule has 15 nitrogen and oxygen atoms in total. The zero-order valence-electron chi connectivity index (χ0n) is 25.0. The molecule has 0 spiro atoms. The number of alkyl halides is 6. The molecule has 49 heavy (non-hydrogen) atoms. The highest BCUT2D eigenvalue weighted by Crippen LogP contribution is 2.36. The van der Waals surface area contributed by atoms with E-state index in [1.165, 1.54) is 12.1 Å². The number of carbonyl (C=O) groups is 3. The zero-order valence-corrected chi connectivity index (χ0v) is 25.8. The molecule has 0 atom stereocenters. The van der Waals surface area contributed by atoms with Crippen LogP contribution in [0.4, 0.5) is 26.3 Å². The average molecular weight is 733 g/mol. The van der Waals surface area contributed by atoms with Gasteiger partial charge in [0.2, 0.25) is 0 Å². The number of phosphoric ester groups is 1. The Balaban J connectivity index is 0.000000717. The molecule has 3 rings (SSSR count). The number of amides is 1. The highest BCUT2D eigenvalue weighted by atomic mass is 31.2. The first-order valence-corrected chi connectivity index (χ1v) is 15.0.